The van der Waals surface area contributed by atoms with Crippen LogP contribution in [0.4, 0.5) is 0 Å². The van der Waals surface area contributed by atoms with Gasteiger partial charge in [-0.05, 0) is 66.6 Å². The van der Waals surface area contributed by atoms with Gasteiger partial charge >= 0.3 is 0 Å². The van der Waals surface area contributed by atoms with Gasteiger partial charge in [-0.2, -0.15) is 4.57 Å². The van der Waals surface area contributed by atoms with Crippen molar-refractivity contribution in [2.45, 2.75) is 20.8 Å². The van der Waals surface area contributed by atoms with Gasteiger partial charge in [0.15, 0.2) is 0 Å². The summed E-state index contributed by atoms with van der Waals surface area (Å²) in [7, 11) is 2.16. The van der Waals surface area contributed by atoms with Crippen molar-refractivity contribution in [3.63, 3.8) is 0 Å². The van der Waals surface area contributed by atoms with Gasteiger partial charge in [-0.25, -0.2) is 0 Å². The largest absolute Gasteiger partial charge is 0.214 e. The molecule has 2 heteroatoms. The van der Waals surface area contributed by atoms with Crippen LogP contribution in [0.1, 0.15) is 16.7 Å². The van der Waals surface area contributed by atoms with Crippen molar-refractivity contribution in [1.82, 2.24) is 0 Å². The molecule has 0 unspecified atom stereocenters. The molecule has 0 saturated heterocycles. The van der Waals surface area contributed by atoms with Crippen LogP contribution in [-0.4, -0.2) is 0 Å². The normalized spacial score (nSPS) is 11.1. The van der Waals surface area contributed by atoms with Gasteiger partial charge in [0.1, 0.15) is 7.05 Å². The summed E-state index contributed by atoms with van der Waals surface area (Å²) in [4.78, 5) is 0. The fourth-order valence-electron chi connectivity index (χ4n) is 2.96. The molecule has 2 aromatic carbocycles. The molecular weight excluding hydrogens is 369 g/mol. The van der Waals surface area contributed by atoms with E-state index in [-0.39, 0.29) is 0 Å². The van der Waals surface area contributed by atoms with E-state index in [0.717, 1.165) is 0 Å². The standard InChI is InChI=1S/C19H19IN/c1-12-9-13(2)14(3)16(10-12)19-11-17(20)15-7-5-6-8-18(15)21(19)4/h5-11H,1-4H3/q+1. The van der Waals surface area contributed by atoms with Gasteiger partial charge in [-0.3, -0.25) is 0 Å². The Hall–Kier alpha value is -1.42. The summed E-state index contributed by atoms with van der Waals surface area (Å²) < 4.78 is 3.61. The van der Waals surface area contributed by atoms with Gasteiger partial charge in [0.2, 0.25) is 11.2 Å². The summed E-state index contributed by atoms with van der Waals surface area (Å²) in [6.07, 6.45) is 0. The number of para-hydroxylation sites is 1. The van der Waals surface area contributed by atoms with Crippen LogP contribution in [0, 0.1) is 24.3 Å². The monoisotopic (exact) mass is 388 g/mol. The fourth-order valence-corrected chi connectivity index (χ4v) is 3.71. The first kappa shape index (κ1) is 14.5. The van der Waals surface area contributed by atoms with E-state index in [1.807, 2.05) is 0 Å². The van der Waals surface area contributed by atoms with Crippen molar-refractivity contribution < 1.29 is 4.57 Å². The number of pyridine rings is 1. The van der Waals surface area contributed by atoms with Crippen LogP contribution >= 0.6 is 22.6 Å². The molecule has 0 aliphatic heterocycles. The third kappa shape index (κ3) is 2.46. The van der Waals surface area contributed by atoms with E-state index in [4.69, 9.17) is 0 Å². The number of fused-ring (bicyclic) bond motifs is 1. The highest BCUT2D eigenvalue weighted by atomic mass is 127. The van der Waals surface area contributed by atoms with E-state index in [2.05, 4.69) is 97.4 Å². The molecule has 1 aromatic heterocycles. The van der Waals surface area contributed by atoms with Crippen LogP contribution < -0.4 is 4.57 Å². The number of rotatable bonds is 1. The number of aromatic nitrogens is 1. The second-order valence-electron chi connectivity index (χ2n) is 5.71. The maximum atomic E-state index is 2.44. The third-order valence-corrected chi connectivity index (χ3v) is 5.13. The predicted octanol–water partition coefficient (Wildman–Crippen LogP) is 4.86. The van der Waals surface area contributed by atoms with Crippen molar-refractivity contribution >= 4 is 33.5 Å². The molecule has 21 heavy (non-hydrogen) atoms. The summed E-state index contributed by atoms with van der Waals surface area (Å²) in [6, 6.07) is 15.4. The predicted molar refractivity (Wildman–Crippen MR) is 97.5 cm³/mol. The summed E-state index contributed by atoms with van der Waals surface area (Å²) in [6.45, 7) is 6.58. The maximum Gasteiger partial charge on any atom is 0.214 e. The summed E-state index contributed by atoms with van der Waals surface area (Å²) in [5, 5.41) is 1.31. The molecule has 3 rings (SSSR count). The highest BCUT2D eigenvalue weighted by Crippen LogP contribution is 2.28. The number of hydrogen-bond donors (Lipinski definition) is 0. The molecule has 0 aliphatic carbocycles. The van der Waals surface area contributed by atoms with E-state index in [1.165, 1.54) is 42.4 Å². The first-order chi connectivity index (χ1) is 9.99. The Kier molecular flexibility index (Phi) is 3.74. The van der Waals surface area contributed by atoms with E-state index in [0.29, 0.717) is 0 Å². The zero-order valence-corrected chi connectivity index (χ0v) is 15.0. The lowest BCUT2D eigenvalue weighted by Gasteiger charge is -2.11. The molecule has 106 valence electrons. The highest BCUT2D eigenvalue weighted by molar-refractivity contribution is 14.1. The summed E-state index contributed by atoms with van der Waals surface area (Å²) in [5.74, 6) is 0. The van der Waals surface area contributed by atoms with Gasteiger partial charge in [-0.1, -0.05) is 23.8 Å². The Morgan fingerprint density at radius 1 is 0.952 bits per heavy atom. The van der Waals surface area contributed by atoms with Gasteiger partial charge in [-0.15, -0.1) is 0 Å². The molecule has 3 aromatic rings. The summed E-state index contributed by atoms with van der Waals surface area (Å²) >= 11 is 2.44. The first-order valence-corrected chi connectivity index (χ1v) is 8.22. The molecule has 0 spiro atoms. The SMILES string of the molecule is Cc1cc(C)c(C)c(-c2cc(I)c3ccccc3[n+]2C)c1. The molecular formula is C19H19IN+. The van der Waals surface area contributed by atoms with Crippen LogP contribution in [0.3, 0.4) is 0 Å². The molecule has 0 N–H and O–H groups in total. The average Bonchev–Trinajstić information content (AvgIpc) is 2.47. The Morgan fingerprint density at radius 3 is 2.43 bits per heavy atom. The van der Waals surface area contributed by atoms with Gasteiger partial charge in [0.05, 0.1) is 5.39 Å². The quantitative estimate of drug-likeness (QED) is 0.414. The Bertz CT molecular complexity index is 850. The molecule has 0 fully saturated rings. The second kappa shape index (κ2) is 5.41. The van der Waals surface area contributed by atoms with Crippen molar-refractivity contribution in [2.75, 3.05) is 0 Å². The zero-order chi connectivity index (χ0) is 15.1. The van der Waals surface area contributed by atoms with E-state index >= 15 is 0 Å². The third-order valence-electron chi connectivity index (χ3n) is 4.24. The molecule has 0 aliphatic rings. The summed E-state index contributed by atoms with van der Waals surface area (Å²) in [5.41, 5.74) is 7.92. The molecule has 0 radical (unpaired) electrons. The van der Waals surface area contributed by atoms with Crippen LogP contribution in [-0.2, 0) is 7.05 Å². The van der Waals surface area contributed by atoms with E-state index < -0.39 is 0 Å². The number of halogens is 1. The average molecular weight is 388 g/mol. The number of hydrogen-bond acceptors (Lipinski definition) is 0. The van der Waals surface area contributed by atoms with Gasteiger partial charge in [0.25, 0.3) is 0 Å². The number of nitrogens with zero attached hydrogens (tertiary/aromatic N) is 1. The van der Waals surface area contributed by atoms with E-state index in [1.54, 1.807) is 0 Å². The lowest BCUT2D eigenvalue weighted by atomic mass is 9.97. The van der Waals surface area contributed by atoms with Crippen molar-refractivity contribution in [2.24, 2.45) is 7.05 Å². The second-order valence-corrected chi connectivity index (χ2v) is 6.87. The number of aryl methyl sites for hydroxylation is 3. The van der Waals surface area contributed by atoms with Crippen LogP contribution in [0.5, 0.6) is 0 Å². The van der Waals surface area contributed by atoms with Gasteiger partial charge < -0.3 is 0 Å². The number of benzene rings is 2. The smallest absolute Gasteiger partial charge is 0.194 e. The maximum absolute atomic E-state index is 2.44. The zero-order valence-electron chi connectivity index (χ0n) is 12.9. The molecule has 1 nitrogen and oxygen atoms in total. The minimum Gasteiger partial charge on any atom is -0.194 e. The molecule has 0 amide bonds. The lowest BCUT2D eigenvalue weighted by Crippen LogP contribution is -2.32. The molecule has 0 bridgehead atoms. The van der Waals surface area contributed by atoms with Crippen LogP contribution in [0.15, 0.2) is 42.5 Å². The topological polar surface area (TPSA) is 3.88 Å². The highest BCUT2D eigenvalue weighted by Gasteiger charge is 2.19. The van der Waals surface area contributed by atoms with Gasteiger partial charge in [0, 0.05) is 21.3 Å². The Morgan fingerprint density at radius 2 is 1.67 bits per heavy atom. The Labute approximate surface area is 139 Å². The van der Waals surface area contributed by atoms with Crippen molar-refractivity contribution in [3.8, 4) is 11.3 Å². The minimum atomic E-state index is 1.28. The molecule has 0 atom stereocenters. The van der Waals surface area contributed by atoms with Crippen molar-refractivity contribution in [1.29, 1.82) is 0 Å². The lowest BCUT2D eigenvalue weighted by molar-refractivity contribution is -0.633. The van der Waals surface area contributed by atoms with E-state index in [9.17, 15) is 0 Å². The van der Waals surface area contributed by atoms with Crippen molar-refractivity contribution in [3.05, 3.63) is 62.7 Å². The minimum absolute atomic E-state index is 1.28. The Balaban J connectivity index is 2.39. The molecule has 0 saturated carbocycles. The van der Waals surface area contributed by atoms with Crippen LogP contribution in [0.25, 0.3) is 22.2 Å². The van der Waals surface area contributed by atoms with Crippen LogP contribution in [0.2, 0.25) is 0 Å². The first-order valence-electron chi connectivity index (χ1n) is 7.14. The fraction of sp³-hybridized carbons (Fsp3) is 0.211. The molecule has 1 heterocycles.